The van der Waals surface area contributed by atoms with Crippen LogP contribution in [0.5, 0.6) is 0 Å². The summed E-state index contributed by atoms with van der Waals surface area (Å²) in [6, 6.07) is 43.7. The van der Waals surface area contributed by atoms with Crippen LogP contribution in [0.3, 0.4) is 0 Å². The molecule has 0 saturated heterocycles. The largest absolute Gasteiger partial charge is 0.416 e. The Hall–Kier alpha value is -12.6. The number of alkyl halides is 9. The predicted octanol–water partition coefficient (Wildman–Crippen LogP) is 17.5. The van der Waals surface area contributed by atoms with E-state index < -0.39 is 41.3 Å². The zero-order valence-corrected chi connectivity index (χ0v) is 54.9. The maximum absolute atomic E-state index is 12.7. The molecule has 0 bridgehead atoms. The van der Waals surface area contributed by atoms with Crippen molar-refractivity contribution in [3.05, 3.63) is 327 Å². The van der Waals surface area contributed by atoms with E-state index >= 15 is 0 Å². The number of aromatic amines is 4. The Bertz CT molecular complexity index is 5380. The maximum atomic E-state index is 12.7. The number of aliphatic hydroxyl groups excluding tert-OH is 1. The number of ketones is 2. The number of nitrogens with one attached hydrogen (secondary N) is 7. The highest BCUT2D eigenvalue weighted by Gasteiger charge is 2.32. The van der Waals surface area contributed by atoms with Crippen LogP contribution in [0.15, 0.2) is 244 Å². The smallest absolute Gasteiger partial charge is 0.384 e. The molecule has 18 nitrogen and oxygen atoms in total. The molecule has 0 radical (unpaired) electrons. The van der Waals surface area contributed by atoms with Crippen molar-refractivity contribution in [3.8, 4) is 0 Å². The van der Waals surface area contributed by atoms with Crippen LogP contribution in [0.25, 0.3) is 44.1 Å². The molecule has 0 fully saturated rings. The third kappa shape index (κ3) is 17.7. The van der Waals surface area contributed by atoms with Gasteiger partial charge in [-0.1, -0.05) is 60.1 Å². The van der Waals surface area contributed by atoms with Gasteiger partial charge in [-0.15, -0.1) is 0 Å². The molecule has 28 heteroatoms. The summed E-state index contributed by atoms with van der Waals surface area (Å²) < 4.78 is 113. The lowest BCUT2D eigenvalue weighted by atomic mass is 10.0. The summed E-state index contributed by atoms with van der Waals surface area (Å²) in [6.45, 7) is 1.05. The summed E-state index contributed by atoms with van der Waals surface area (Å²) in [4.78, 5) is 70.8. The topological polar surface area (TPSA) is 257 Å². The maximum Gasteiger partial charge on any atom is 0.416 e. The lowest BCUT2D eigenvalue weighted by Crippen LogP contribution is -2.06. The molecule has 15 rings (SSSR count). The minimum atomic E-state index is -4.35. The summed E-state index contributed by atoms with van der Waals surface area (Å²) in [7, 11) is 0. The lowest BCUT2D eigenvalue weighted by molar-refractivity contribution is -0.138. The van der Waals surface area contributed by atoms with Gasteiger partial charge in [0.2, 0.25) is 0 Å². The van der Waals surface area contributed by atoms with E-state index in [0.717, 1.165) is 86.7 Å². The number of aromatic nitrogens is 12. The molecular formula is C76H57ClF9N15O3. The molecule has 12 heterocycles. The van der Waals surface area contributed by atoms with Gasteiger partial charge in [-0.25, -0.2) is 39.9 Å². The normalized spacial score (nSPS) is 11.8. The zero-order chi connectivity index (χ0) is 73.0. The van der Waals surface area contributed by atoms with Gasteiger partial charge >= 0.3 is 18.5 Å². The third-order valence-corrected chi connectivity index (χ3v) is 16.5. The summed E-state index contributed by atoms with van der Waals surface area (Å²) in [5.74, 6) is 1.47. The lowest BCUT2D eigenvalue weighted by Gasteiger charge is -2.12. The number of carbonyl (C=O) groups excluding carboxylic acids is 2. The van der Waals surface area contributed by atoms with Crippen molar-refractivity contribution in [2.45, 2.75) is 50.7 Å². The first-order chi connectivity index (χ1) is 50.1. The van der Waals surface area contributed by atoms with Crippen LogP contribution in [0.4, 0.5) is 57.0 Å². The van der Waals surface area contributed by atoms with Crippen LogP contribution >= 0.6 is 11.6 Å². The molecule has 8 N–H and O–H groups in total. The van der Waals surface area contributed by atoms with Gasteiger partial charge in [0.25, 0.3) is 0 Å². The fraction of sp³-hybridized carbons (Fsp3) is 0.105. The molecule has 12 aromatic heterocycles. The van der Waals surface area contributed by atoms with Gasteiger partial charge in [-0.2, -0.15) is 39.5 Å². The summed E-state index contributed by atoms with van der Waals surface area (Å²) in [5, 5.41) is 23.7. The first-order valence-electron chi connectivity index (χ1n) is 31.7. The third-order valence-electron chi connectivity index (χ3n) is 16.3. The monoisotopic (exact) mass is 1430 g/mol. The predicted molar refractivity (Wildman–Crippen MR) is 376 cm³/mol. The molecule has 1 atom stereocenters. The SMILES string of the molecule is FC(F)(F)c1ccc(CNc2ccc(Cc3c[nH]c4ncccc34)cn2)cc1.O=C(c1ccc(Cl)nc1)c1c[nH]c2ncccc12.O=C(c1ccc(NCc2ccc(C(F)(F)F)cc2)nc1)c1c[nH]c2ncccc12.OC(c1ccc(NCc2ccc(C(F)(F)F)cc2)nc1)c1c[nH]c2ncccc12. The number of aliphatic hydroxyl groups is 1. The molecule has 1 unspecified atom stereocenters. The van der Waals surface area contributed by atoms with Gasteiger partial charge in [-0.05, 0) is 149 Å². The number of pyridine rings is 8. The molecule has 0 spiro atoms. The van der Waals surface area contributed by atoms with Crippen LogP contribution in [0.2, 0.25) is 5.15 Å². The Morgan fingerprint density at radius 1 is 0.394 bits per heavy atom. The van der Waals surface area contributed by atoms with Crippen molar-refractivity contribution >= 4 is 84.8 Å². The summed E-state index contributed by atoms with van der Waals surface area (Å²) in [6.07, 6.45) is 6.87. The number of halogens is 10. The minimum Gasteiger partial charge on any atom is -0.384 e. The van der Waals surface area contributed by atoms with Crippen molar-refractivity contribution in [1.82, 2.24) is 59.8 Å². The molecule has 0 aliphatic heterocycles. The van der Waals surface area contributed by atoms with Gasteiger partial charge < -0.3 is 41.0 Å². The number of benzene rings is 3. The Labute approximate surface area is 590 Å². The minimum absolute atomic E-state index is 0.0987. The second-order valence-electron chi connectivity index (χ2n) is 23.3. The van der Waals surface area contributed by atoms with Crippen molar-refractivity contribution in [2.75, 3.05) is 16.0 Å². The molecule has 524 valence electrons. The average molecular weight is 1430 g/mol. The number of nitrogens with zero attached hydrogens (tertiary/aromatic N) is 8. The Morgan fingerprint density at radius 3 is 1.18 bits per heavy atom. The van der Waals surface area contributed by atoms with Gasteiger partial charge in [0.1, 0.15) is 51.3 Å². The number of H-pyrrole nitrogens is 4. The fourth-order valence-electron chi connectivity index (χ4n) is 10.8. The number of hydrogen-bond donors (Lipinski definition) is 8. The molecular weight excluding hydrogens is 1380 g/mol. The van der Waals surface area contributed by atoms with Crippen LogP contribution < -0.4 is 16.0 Å². The Balaban J connectivity index is 0.000000132. The number of hydrogen-bond acceptors (Lipinski definition) is 14. The standard InChI is InChI=1S/C21H17F3N4O.C21H15F3N4O.C21H17F3N4.C13H8ClN3O/c2*22-21(23,24)15-6-3-13(4-7-15)10-26-18-8-5-14(11-27-18)19(29)17-12-28-20-16(17)2-1-9-25-20;22-21(23,24)17-6-3-14(4-7-17)11-26-19-8-5-15(12-27-19)10-16-13-28-20-18(16)2-1-9-25-20;14-11-4-3-8(6-16-11)12(18)10-7-17-13-9(10)2-1-5-15-13/h1-9,11-12,19,29H,10H2,(H,25,28)(H,26,27);1-9,11-12H,10H2,(H,25,28)(H,26,27);1-9,12-13H,10-11H2,(H,25,28)(H,26,27);1-7H,(H,15,17). The van der Waals surface area contributed by atoms with Crippen molar-refractivity contribution in [3.63, 3.8) is 0 Å². The quantitative estimate of drug-likeness (QED) is 0.0240. The van der Waals surface area contributed by atoms with Gasteiger partial charge in [0.15, 0.2) is 11.6 Å². The molecule has 15 aromatic rings. The van der Waals surface area contributed by atoms with E-state index in [2.05, 4.69) is 75.8 Å². The number of fused-ring (bicyclic) bond motifs is 4. The number of rotatable bonds is 17. The second-order valence-corrected chi connectivity index (χ2v) is 23.7. The average Bonchev–Trinajstić information content (AvgIpc) is 1.70. The molecule has 0 amide bonds. The first-order valence-corrected chi connectivity index (χ1v) is 32.1. The van der Waals surface area contributed by atoms with Crippen LogP contribution in [-0.4, -0.2) is 76.5 Å². The Kier molecular flexibility index (Phi) is 21.6. The molecule has 0 aliphatic rings. The van der Waals surface area contributed by atoms with E-state index in [1.807, 2.05) is 48.7 Å². The molecule has 0 aliphatic carbocycles. The Morgan fingerprint density at radius 2 is 0.769 bits per heavy atom. The van der Waals surface area contributed by atoms with E-state index in [4.69, 9.17) is 11.6 Å². The van der Waals surface area contributed by atoms with Gasteiger partial charge in [0, 0.05) is 155 Å². The summed E-state index contributed by atoms with van der Waals surface area (Å²) >= 11 is 5.70. The van der Waals surface area contributed by atoms with Gasteiger partial charge in [0.05, 0.1) is 16.7 Å². The molecule has 3 aromatic carbocycles. The van der Waals surface area contributed by atoms with Crippen LogP contribution in [-0.2, 0) is 44.6 Å². The van der Waals surface area contributed by atoms with E-state index in [1.54, 1.807) is 110 Å². The van der Waals surface area contributed by atoms with E-state index in [-0.39, 0.29) is 11.6 Å². The molecule has 104 heavy (non-hydrogen) atoms. The fourth-order valence-corrected chi connectivity index (χ4v) is 10.9. The zero-order valence-electron chi connectivity index (χ0n) is 54.1. The first kappa shape index (κ1) is 71.2. The van der Waals surface area contributed by atoms with E-state index in [9.17, 15) is 54.2 Å². The van der Waals surface area contributed by atoms with Gasteiger partial charge in [-0.3, -0.25) is 9.59 Å². The van der Waals surface area contributed by atoms with Crippen molar-refractivity contribution in [2.24, 2.45) is 0 Å². The van der Waals surface area contributed by atoms with Crippen molar-refractivity contribution < 1.29 is 54.2 Å². The highest BCUT2D eigenvalue weighted by atomic mass is 35.5. The van der Waals surface area contributed by atoms with E-state index in [0.29, 0.717) is 104 Å². The molecule has 0 saturated carbocycles. The van der Waals surface area contributed by atoms with Crippen LogP contribution in [0.1, 0.15) is 93.6 Å². The van der Waals surface area contributed by atoms with Crippen LogP contribution in [0, 0.1) is 0 Å². The highest BCUT2D eigenvalue weighted by molar-refractivity contribution is 6.29. The van der Waals surface area contributed by atoms with E-state index in [1.165, 1.54) is 48.8 Å². The second kappa shape index (κ2) is 31.5. The number of carbonyl (C=O) groups is 2. The number of anilines is 3. The highest BCUT2D eigenvalue weighted by Crippen LogP contribution is 2.33. The summed E-state index contributed by atoms with van der Waals surface area (Å²) in [5.41, 5.74) is 8.60. The van der Waals surface area contributed by atoms with Crippen molar-refractivity contribution in [1.29, 1.82) is 0 Å².